The first-order valence-electron chi connectivity index (χ1n) is 7.36. The van der Waals surface area contributed by atoms with Crippen molar-refractivity contribution in [1.82, 2.24) is 15.1 Å². The number of hydrogen-bond acceptors (Lipinski definition) is 3. The Labute approximate surface area is 120 Å². The molecule has 2 aromatic rings. The van der Waals surface area contributed by atoms with E-state index in [0.717, 1.165) is 18.8 Å². The molecule has 106 valence electrons. The van der Waals surface area contributed by atoms with Crippen molar-refractivity contribution in [3.8, 4) is 0 Å². The molecule has 2 atom stereocenters. The van der Waals surface area contributed by atoms with Crippen LogP contribution < -0.4 is 10.6 Å². The summed E-state index contributed by atoms with van der Waals surface area (Å²) in [6.45, 7) is 4.10. The van der Waals surface area contributed by atoms with Crippen LogP contribution in [-0.2, 0) is 6.54 Å². The second kappa shape index (κ2) is 6.09. The van der Waals surface area contributed by atoms with E-state index in [1.807, 2.05) is 16.9 Å². The second-order valence-electron chi connectivity index (χ2n) is 5.64. The number of aromatic nitrogens is 2. The number of piperidine rings is 1. The molecule has 0 bridgehead atoms. The molecule has 2 unspecified atom stereocenters. The van der Waals surface area contributed by atoms with Gasteiger partial charge in [-0.25, -0.2) is 0 Å². The van der Waals surface area contributed by atoms with Crippen LogP contribution in [0.2, 0.25) is 0 Å². The highest BCUT2D eigenvalue weighted by Gasteiger charge is 2.17. The van der Waals surface area contributed by atoms with Gasteiger partial charge in [0, 0.05) is 24.8 Å². The Morgan fingerprint density at radius 3 is 2.90 bits per heavy atom. The molecule has 0 radical (unpaired) electrons. The first kappa shape index (κ1) is 13.2. The molecule has 1 fully saturated rings. The van der Waals surface area contributed by atoms with Gasteiger partial charge in [0.1, 0.15) is 0 Å². The molecule has 20 heavy (non-hydrogen) atoms. The maximum Gasteiger partial charge on any atom is 0.0729 e. The van der Waals surface area contributed by atoms with Gasteiger partial charge in [-0.1, -0.05) is 30.3 Å². The van der Waals surface area contributed by atoms with E-state index in [1.54, 1.807) is 0 Å². The van der Waals surface area contributed by atoms with Crippen LogP contribution in [0.15, 0.2) is 42.7 Å². The van der Waals surface area contributed by atoms with E-state index in [0.29, 0.717) is 12.1 Å². The second-order valence-corrected chi connectivity index (χ2v) is 5.64. The fourth-order valence-corrected chi connectivity index (χ4v) is 2.65. The van der Waals surface area contributed by atoms with Gasteiger partial charge in [-0.3, -0.25) is 4.68 Å². The predicted molar refractivity (Wildman–Crippen MR) is 81.9 cm³/mol. The Bertz CT molecular complexity index is 526. The van der Waals surface area contributed by atoms with Crippen LogP contribution in [0.25, 0.3) is 0 Å². The van der Waals surface area contributed by atoms with Crippen molar-refractivity contribution in [1.29, 1.82) is 0 Å². The molecule has 0 amide bonds. The van der Waals surface area contributed by atoms with Crippen LogP contribution >= 0.6 is 0 Å². The molecule has 1 aliphatic rings. The smallest absolute Gasteiger partial charge is 0.0729 e. The summed E-state index contributed by atoms with van der Waals surface area (Å²) in [6.07, 6.45) is 6.46. The molecule has 1 aliphatic heterocycles. The summed E-state index contributed by atoms with van der Waals surface area (Å²) >= 11 is 0. The minimum absolute atomic E-state index is 0.514. The number of anilines is 1. The summed E-state index contributed by atoms with van der Waals surface area (Å²) in [4.78, 5) is 0. The standard InChI is InChI=1S/C16H22N4/c1-13-7-8-15(9-17-13)19-16-10-18-20(12-16)11-14-5-3-2-4-6-14/h2-6,10,12-13,15,17,19H,7-9,11H2,1H3. The van der Waals surface area contributed by atoms with E-state index < -0.39 is 0 Å². The number of rotatable bonds is 4. The van der Waals surface area contributed by atoms with Crippen LogP contribution in [0.5, 0.6) is 0 Å². The fraction of sp³-hybridized carbons (Fsp3) is 0.438. The Morgan fingerprint density at radius 1 is 1.30 bits per heavy atom. The van der Waals surface area contributed by atoms with E-state index in [-0.39, 0.29) is 0 Å². The van der Waals surface area contributed by atoms with Crippen molar-refractivity contribution < 1.29 is 0 Å². The third-order valence-corrected chi connectivity index (χ3v) is 3.85. The molecule has 2 N–H and O–H groups in total. The molecular formula is C16H22N4. The van der Waals surface area contributed by atoms with Crippen molar-refractivity contribution in [3.05, 3.63) is 48.3 Å². The highest BCUT2D eigenvalue weighted by Crippen LogP contribution is 2.14. The zero-order valence-corrected chi connectivity index (χ0v) is 11.9. The lowest BCUT2D eigenvalue weighted by molar-refractivity contribution is 0.399. The third kappa shape index (κ3) is 3.39. The monoisotopic (exact) mass is 270 g/mol. The lowest BCUT2D eigenvalue weighted by Gasteiger charge is -2.28. The molecule has 3 rings (SSSR count). The summed E-state index contributed by atoms with van der Waals surface area (Å²) < 4.78 is 1.98. The fourth-order valence-electron chi connectivity index (χ4n) is 2.65. The summed E-state index contributed by atoms with van der Waals surface area (Å²) in [7, 11) is 0. The number of nitrogens with zero attached hydrogens (tertiary/aromatic N) is 2. The first-order valence-corrected chi connectivity index (χ1v) is 7.36. The number of benzene rings is 1. The van der Waals surface area contributed by atoms with E-state index in [2.05, 4.69) is 53.1 Å². The van der Waals surface area contributed by atoms with Crippen LogP contribution in [0.4, 0.5) is 5.69 Å². The van der Waals surface area contributed by atoms with Crippen molar-refractivity contribution in [3.63, 3.8) is 0 Å². The molecule has 4 nitrogen and oxygen atoms in total. The summed E-state index contributed by atoms with van der Waals surface area (Å²) in [5, 5.41) is 11.5. The van der Waals surface area contributed by atoms with Crippen LogP contribution in [0, 0.1) is 0 Å². The van der Waals surface area contributed by atoms with Gasteiger partial charge < -0.3 is 10.6 Å². The van der Waals surface area contributed by atoms with E-state index in [4.69, 9.17) is 0 Å². The van der Waals surface area contributed by atoms with Gasteiger partial charge in [-0.2, -0.15) is 5.10 Å². The maximum absolute atomic E-state index is 4.43. The van der Waals surface area contributed by atoms with Crippen molar-refractivity contribution in [2.24, 2.45) is 0 Å². The minimum Gasteiger partial charge on any atom is -0.378 e. The normalized spacial score (nSPS) is 22.6. The van der Waals surface area contributed by atoms with Gasteiger partial charge in [-0.05, 0) is 25.3 Å². The third-order valence-electron chi connectivity index (χ3n) is 3.85. The molecule has 0 saturated carbocycles. The molecule has 1 saturated heterocycles. The lowest BCUT2D eigenvalue weighted by atomic mass is 10.0. The summed E-state index contributed by atoms with van der Waals surface area (Å²) in [5.74, 6) is 0. The quantitative estimate of drug-likeness (QED) is 0.897. The van der Waals surface area contributed by atoms with Crippen molar-refractivity contribution in [2.75, 3.05) is 11.9 Å². The van der Waals surface area contributed by atoms with E-state index >= 15 is 0 Å². The zero-order chi connectivity index (χ0) is 13.8. The Morgan fingerprint density at radius 2 is 2.15 bits per heavy atom. The van der Waals surface area contributed by atoms with Gasteiger partial charge in [0.2, 0.25) is 0 Å². The van der Waals surface area contributed by atoms with Gasteiger partial charge in [0.15, 0.2) is 0 Å². The molecule has 1 aromatic heterocycles. The number of hydrogen-bond donors (Lipinski definition) is 2. The maximum atomic E-state index is 4.43. The van der Waals surface area contributed by atoms with Crippen molar-refractivity contribution in [2.45, 2.75) is 38.4 Å². The largest absolute Gasteiger partial charge is 0.378 e. The molecule has 2 heterocycles. The summed E-state index contributed by atoms with van der Waals surface area (Å²) in [6, 6.07) is 11.6. The summed E-state index contributed by atoms with van der Waals surface area (Å²) in [5.41, 5.74) is 2.39. The SMILES string of the molecule is CC1CCC(Nc2cnn(Cc3ccccc3)c2)CN1. The molecule has 1 aromatic carbocycles. The Balaban J connectivity index is 1.57. The highest BCUT2D eigenvalue weighted by molar-refractivity contribution is 5.39. The van der Waals surface area contributed by atoms with E-state index in [9.17, 15) is 0 Å². The molecule has 0 aliphatic carbocycles. The van der Waals surface area contributed by atoms with Gasteiger partial charge in [0.05, 0.1) is 18.4 Å². The van der Waals surface area contributed by atoms with E-state index in [1.165, 1.54) is 18.4 Å². The highest BCUT2D eigenvalue weighted by atomic mass is 15.3. The van der Waals surface area contributed by atoms with Crippen LogP contribution in [-0.4, -0.2) is 28.4 Å². The first-order chi connectivity index (χ1) is 9.79. The van der Waals surface area contributed by atoms with Crippen LogP contribution in [0.3, 0.4) is 0 Å². The predicted octanol–water partition coefficient (Wildman–Crippen LogP) is 2.48. The zero-order valence-electron chi connectivity index (χ0n) is 11.9. The Kier molecular flexibility index (Phi) is 4.02. The molecule has 4 heteroatoms. The van der Waals surface area contributed by atoms with Crippen molar-refractivity contribution >= 4 is 5.69 Å². The van der Waals surface area contributed by atoms with Crippen LogP contribution in [0.1, 0.15) is 25.3 Å². The number of nitrogens with one attached hydrogen (secondary N) is 2. The average molecular weight is 270 g/mol. The molecule has 0 spiro atoms. The Hall–Kier alpha value is -1.81. The van der Waals surface area contributed by atoms with Gasteiger partial charge in [-0.15, -0.1) is 0 Å². The average Bonchev–Trinajstić information content (AvgIpc) is 2.90. The van der Waals surface area contributed by atoms with Gasteiger partial charge >= 0.3 is 0 Å². The minimum atomic E-state index is 0.514. The topological polar surface area (TPSA) is 41.9 Å². The lowest BCUT2D eigenvalue weighted by Crippen LogP contribution is -2.43. The molecular weight excluding hydrogens is 248 g/mol. The van der Waals surface area contributed by atoms with Gasteiger partial charge in [0.25, 0.3) is 0 Å².